The van der Waals surface area contributed by atoms with Crippen molar-refractivity contribution in [3.8, 4) is 0 Å². The lowest BCUT2D eigenvalue weighted by Gasteiger charge is -2.39. The topological polar surface area (TPSA) is 54.5 Å². The van der Waals surface area contributed by atoms with Crippen LogP contribution in [0, 0.1) is 18.8 Å². The van der Waals surface area contributed by atoms with E-state index in [1.165, 1.54) is 4.90 Å². The smallest absolute Gasteiger partial charge is 0.239 e. The van der Waals surface area contributed by atoms with Crippen molar-refractivity contribution in [3.05, 3.63) is 172 Å². The number of carbonyl (C=O) groups excluding carboxylic acids is 3. The fraction of sp³-hybridized carbons (Fsp3) is 0.125. The lowest BCUT2D eigenvalue weighted by atomic mass is 9.59. The molecule has 0 N–H and O–H groups in total. The van der Waals surface area contributed by atoms with Crippen LogP contribution in [0.1, 0.15) is 27.8 Å². The SMILES string of the molecule is Cc1ccc(N2C(=O)[C@@H]3[C@@H](C2=O)[C@@]2(c4ccccc4)C(=O)[C@@]3(c3ccccc3)C(c3ccccc3)=C2c2ccccc2)cc1Cl. The van der Waals surface area contributed by atoms with E-state index in [2.05, 4.69) is 0 Å². The van der Waals surface area contributed by atoms with Crippen LogP contribution in [0.15, 0.2) is 140 Å². The van der Waals surface area contributed by atoms with Gasteiger partial charge in [-0.15, -0.1) is 0 Å². The highest BCUT2D eigenvalue weighted by Gasteiger charge is 2.82. The van der Waals surface area contributed by atoms with Gasteiger partial charge in [-0.25, -0.2) is 4.90 Å². The Morgan fingerprint density at radius 3 is 1.36 bits per heavy atom. The highest BCUT2D eigenvalue weighted by molar-refractivity contribution is 6.39. The third kappa shape index (κ3) is 3.46. The maximum Gasteiger partial charge on any atom is 0.239 e. The van der Waals surface area contributed by atoms with Gasteiger partial charge in [-0.2, -0.15) is 0 Å². The van der Waals surface area contributed by atoms with Gasteiger partial charge in [0.2, 0.25) is 11.8 Å². The van der Waals surface area contributed by atoms with Crippen molar-refractivity contribution in [2.45, 2.75) is 17.8 Å². The first kappa shape index (κ1) is 27.5. The number of hydrogen-bond acceptors (Lipinski definition) is 3. The molecule has 1 aliphatic heterocycles. The molecule has 2 amide bonds. The molecule has 0 unspecified atom stereocenters. The van der Waals surface area contributed by atoms with E-state index >= 15 is 4.79 Å². The van der Waals surface area contributed by atoms with Crippen molar-refractivity contribution in [3.63, 3.8) is 0 Å². The Morgan fingerprint density at radius 1 is 0.556 bits per heavy atom. The van der Waals surface area contributed by atoms with Gasteiger partial charge in [0.1, 0.15) is 0 Å². The number of amides is 2. The van der Waals surface area contributed by atoms with Gasteiger partial charge in [-0.1, -0.05) is 139 Å². The van der Waals surface area contributed by atoms with Gasteiger partial charge in [-0.05, 0) is 58.0 Å². The quantitative estimate of drug-likeness (QED) is 0.192. The number of hydrogen-bond donors (Lipinski definition) is 0. The number of rotatable bonds is 5. The number of nitrogens with zero attached hydrogens (tertiary/aromatic N) is 1. The molecule has 1 saturated carbocycles. The number of Topliss-reactive ketones (excluding diaryl/α,β-unsaturated/α-hetero) is 1. The van der Waals surface area contributed by atoms with E-state index in [9.17, 15) is 9.59 Å². The standard InChI is InChI=1S/C40H28ClNO3/c1-25-22-23-30(24-31(25)41)42-36(43)34-35(37(42)44)40(29-20-12-5-13-21-29)33(27-16-8-3-9-17-27)32(26-14-6-2-7-15-26)39(34,38(40)45)28-18-10-4-11-19-28/h2-24,34-35H,1H3/t34-,35-,39-,40-/m0/s1. The predicted octanol–water partition coefficient (Wildman–Crippen LogP) is 7.84. The number of benzene rings is 5. The Bertz CT molecular complexity index is 1920. The van der Waals surface area contributed by atoms with E-state index in [-0.39, 0.29) is 17.6 Å². The maximum absolute atomic E-state index is 15.8. The summed E-state index contributed by atoms with van der Waals surface area (Å²) in [5.41, 5.74) is 3.07. The zero-order chi connectivity index (χ0) is 30.9. The molecule has 1 heterocycles. The minimum absolute atomic E-state index is 0.136. The highest BCUT2D eigenvalue weighted by atomic mass is 35.5. The number of fused-ring (bicyclic) bond motifs is 5. The number of carbonyl (C=O) groups is 3. The first-order valence-electron chi connectivity index (χ1n) is 15.1. The van der Waals surface area contributed by atoms with E-state index in [4.69, 9.17) is 11.6 Å². The van der Waals surface area contributed by atoms with Crippen LogP contribution in [-0.4, -0.2) is 17.6 Å². The van der Waals surface area contributed by atoms with Crippen LogP contribution in [0.2, 0.25) is 5.02 Å². The zero-order valence-corrected chi connectivity index (χ0v) is 25.2. The second kappa shape index (κ2) is 9.98. The molecular weight excluding hydrogens is 578 g/mol. The first-order valence-corrected chi connectivity index (χ1v) is 15.5. The van der Waals surface area contributed by atoms with Crippen LogP contribution in [0.25, 0.3) is 11.1 Å². The molecule has 2 bridgehead atoms. The molecule has 4 nitrogen and oxygen atoms in total. The van der Waals surface area contributed by atoms with E-state index < -0.39 is 22.7 Å². The molecule has 0 aromatic heterocycles. The van der Waals surface area contributed by atoms with Crippen molar-refractivity contribution in [1.29, 1.82) is 0 Å². The van der Waals surface area contributed by atoms with Crippen LogP contribution < -0.4 is 4.90 Å². The van der Waals surface area contributed by atoms with Gasteiger partial charge in [0, 0.05) is 5.02 Å². The Balaban J connectivity index is 1.55. The predicted molar refractivity (Wildman–Crippen MR) is 177 cm³/mol. The van der Waals surface area contributed by atoms with Crippen LogP contribution in [0.5, 0.6) is 0 Å². The summed E-state index contributed by atoms with van der Waals surface area (Å²) in [7, 11) is 0. The van der Waals surface area contributed by atoms with Gasteiger partial charge >= 0.3 is 0 Å². The number of aryl methyl sites for hydroxylation is 1. The molecule has 1 saturated heterocycles. The average Bonchev–Trinajstić information content (AvgIpc) is 3.59. The fourth-order valence-corrected chi connectivity index (χ4v) is 8.48. The third-order valence-electron chi connectivity index (χ3n) is 9.99. The number of imide groups is 1. The molecule has 8 rings (SSSR count). The van der Waals surface area contributed by atoms with Gasteiger partial charge in [0.25, 0.3) is 0 Å². The molecule has 0 radical (unpaired) electrons. The number of ketones is 1. The molecule has 4 atom stereocenters. The average molecular weight is 606 g/mol. The summed E-state index contributed by atoms with van der Waals surface area (Å²) in [4.78, 5) is 47.1. The van der Waals surface area contributed by atoms with Crippen LogP contribution in [-0.2, 0) is 25.2 Å². The summed E-state index contributed by atoms with van der Waals surface area (Å²) in [6.45, 7) is 1.88. The number of allylic oxidation sites excluding steroid dienone is 2. The molecule has 5 aromatic rings. The summed E-state index contributed by atoms with van der Waals surface area (Å²) in [6.07, 6.45) is 0. The zero-order valence-electron chi connectivity index (χ0n) is 24.5. The Morgan fingerprint density at radius 2 is 0.956 bits per heavy atom. The van der Waals surface area contributed by atoms with E-state index in [0.29, 0.717) is 21.8 Å². The molecular formula is C40H28ClNO3. The molecule has 3 aliphatic rings. The van der Waals surface area contributed by atoms with Crippen LogP contribution in [0.4, 0.5) is 5.69 Å². The summed E-state index contributed by atoms with van der Waals surface area (Å²) in [5.74, 6) is -2.85. The lowest BCUT2D eigenvalue weighted by Crippen LogP contribution is -2.45. The van der Waals surface area contributed by atoms with Crippen molar-refractivity contribution >= 4 is 46.0 Å². The van der Waals surface area contributed by atoms with Crippen molar-refractivity contribution in [2.75, 3.05) is 4.90 Å². The Labute approximate surface area is 266 Å². The summed E-state index contributed by atoms with van der Waals surface area (Å²) in [5, 5.41) is 0.466. The number of halogens is 1. The second-order valence-corrected chi connectivity index (χ2v) is 12.5. The van der Waals surface area contributed by atoms with E-state index in [1.807, 2.05) is 134 Å². The summed E-state index contributed by atoms with van der Waals surface area (Å²) < 4.78 is 0. The largest absolute Gasteiger partial charge is 0.297 e. The Hall–Kier alpha value is -5.06. The first-order chi connectivity index (χ1) is 21.9. The van der Waals surface area contributed by atoms with Crippen LogP contribution >= 0.6 is 11.6 Å². The molecule has 218 valence electrons. The maximum atomic E-state index is 15.8. The van der Waals surface area contributed by atoms with Crippen molar-refractivity contribution in [2.24, 2.45) is 11.8 Å². The van der Waals surface area contributed by atoms with Crippen molar-refractivity contribution < 1.29 is 14.4 Å². The minimum atomic E-state index is -1.43. The van der Waals surface area contributed by atoms with Gasteiger partial charge in [-0.3, -0.25) is 14.4 Å². The van der Waals surface area contributed by atoms with Gasteiger partial charge < -0.3 is 0 Å². The normalized spacial score (nSPS) is 25.3. The van der Waals surface area contributed by atoms with Gasteiger partial charge in [0.05, 0.1) is 28.4 Å². The third-order valence-corrected chi connectivity index (χ3v) is 10.4. The van der Waals surface area contributed by atoms with Crippen molar-refractivity contribution in [1.82, 2.24) is 0 Å². The number of anilines is 1. The highest BCUT2D eigenvalue weighted by Crippen LogP contribution is 2.74. The molecule has 2 fully saturated rings. The second-order valence-electron chi connectivity index (χ2n) is 12.1. The Kier molecular flexibility index (Phi) is 6.10. The monoisotopic (exact) mass is 605 g/mol. The van der Waals surface area contributed by atoms with E-state index in [0.717, 1.165) is 27.8 Å². The molecule has 5 aromatic carbocycles. The van der Waals surface area contributed by atoms with Gasteiger partial charge in [0.15, 0.2) is 5.78 Å². The molecule has 5 heteroatoms. The van der Waals surface area contributed by atoms with E-state index in [1.54, 1.807) is 12.1 Å². The lowest BCUT2D eigenvalue weighted by molar-refractivity contribution is -0.130. The molecule has 45 heavy (non-hydrogen) atoms. The summed E-state index contributed by atoms with van der Waals surface area (Å²) in [6, 6.07) is 44.1. The minimum Gasteiger partial charge on any atom is -0.297 e. The molecule has 0 spiro atoms. The summed E-state index contributed by atoms with van der Waals surface area (Å²) >= 11 is 6.54. The fourth-order valence-electron chi connectivity index (χ4n) is 8.31. The van der Waals surface area contributed by atoms with Crippen LogP contribution in [0.3, 0.4) is 0 Å². The molecule has 2 aliphatic carbocycles.